The van der Waals surface area contributed by atoms with Crippen molar-refractivity contribution < 1.29 is 37.3 Å². The number of phosphoric acid groups is 1. The van der Waals surface area contributed by atoms with Gasteiger partial charge in [0.1, 0.15) is 19.8 Å². The normalized spacial score (nSPS) is 14.4. The van der Waals surface area contributed by atoms with E-state index in [4.69, 9.17) is 18.5 Å². The minimum Gasteiger partial charge on any atom is -0.492 e. The molecule has 0 amide bonds. The van der Waals surface area contributed by atoms with E-state index in [0.29, 0.717) is 17.4 Å². The molecule has 2 atom stereocenters. The molecule has 0 spiro atoms. The van der Waals surface area contributed by atoms with E-state index >= 15 is 0 Å². The molecule has 0 aliphatic heterocycles. The second-order valence-corrected chi connectivity index (χ2v) is 16.9. The van der Waals surface area contributed by atoms with Gasteiger partial charge in [0.25, 0.3) is 0 Å². The molecule has 55 heavy (non-hydrogen) atoms. The number of nitrogens with zero attached hydrogens (tertiary/aromatic N) is 1. The third-order valence-electron chi connectivity index (χ3n) is 8.84. The number of rotatable bonds is 39. The number of carbonyl (C=O) groups is 1. The van der Waals surface area contributed by atoms with E-state index in [1.54, 1.807) is 6.26 Å². The number of esters is 1. The van der Waals surface area contributed by atoms with E-state index in [0.717, 1.165) is 70.6 Å². The maximum Gasteiger partial charge on any atom is 0.472 e. The molecule has 0 fully saturated rings. The third-order valence-corrected chi connectivity index (χ3v) is 9.82. The Hall–Kier alpha value is -2.22. The van der Waals surface area contributed by atoms with Crippen LogP contribution in [0.15, 0.2) is 73.1 Å². The van der Waals surface area contributed by atoms with Gasteiger partial charge < -0.3 is 18.9 Å². The van der Waals surface area contributed by atoms with Gasteiger partial charge in [-0.2, -0.15) is 0 Å². The average molecular weight is 793 g/mol. The molecule has 0 bridgehead atoms. The van der Waals surface area contributed by atoms with E-state index in [1.807, 2.05) is 27.2 Å². The van der Waals surface area contributed by atoms with Crippen LogP contribution < -0.4 is 0 Å². The van der Waals surface area contributed by atoms with Crippen LogP contribution in [0.2, 0.25) is 0 Å². The summed E-state index contributed by atoms with van der Waals surface area (Å²) in [7, 11) is 1.64. The van der Waals surface area contributed by atoms with Gasteiger partial charge in [0.05, 0.1) is 34.0 Å². The summed E-state index contributed by atoms with van der Waals surface area (Å²) in [6.07, 6.45) is 50.3. The highest BCUT2D eigenvalue weighted by molar-refractivity contribution is 7.47. The van der Waals surface area contributed by atoms with Gasteiger partial charge in [0, 0.05) is 6.42 Å². The Morgan fingerprint density at radius 1 is 0.600 bits per heavy atom. The van der Waals surface area contributed by atoms with Crippen LogP contribution in [0.25, 0.3) is 0 Å². The molecule has 0 aliphatic carbocycles. The summed E-state index contributed by atoms with van der Waals surface area (Å²) in [6, 6.07) is 0. The van der Waals surface area contributed by atoms with Crippen LogP contribution in [0.3, 0.4) is 0 Å². The van der Waals surface area contributed by atoms with Crippen LogP contribution in [-0.4, -0.2) is 69.0 Å². The standard InChI is InChI=1S/C46H82NO7P/c1-6-8-10-12-14-16-18-20-22-24-25-27-29-31-33-35-37-39-46(48)52-43-45(44-54-55(49,50)53-42-40-47(3,4)5)51-41-38-36-34-32-30-28-26-23-21-19-17-15-13-11-9-7-2/h8,10,14,16-17,19-20,22,25,27,38,41,45H,6-7,9,11-13,15,18,21,23-24,26,28-37,39-40,42-44H2,1-5H3/p+1/b10-8-,16-14-,19-17-,22-20-,27-25-,41-38-. The topological polar surface area (TPSA) is 91.3 Å². The lowest BCUT2D eigenvalue weighted by Gasteiger charge is -2.24. The lowest BCUT2D eigenvalue weighted by atomic mass is 10.1. The van der Waals surface area contributed by atoms with Crippen LogP contribution in [0.1, 0.15) is 162 Å². The van der Waals surface area contributed by atoms with Crippen molar-refractivity contribution in [2.24, 2.45) is 0 Å². The molecule has 0 aromatic carbocycles. The fraction of sp³-hybridized carbons (Fsp3) is 0.717. The highest BCUT2D eigenvalue weighted by Crippen LogP contribution is 2.43. The number of hydrogen-bond acceptors (Lipinski definition) is 6. The summed E-state index contributed by atoms with van der Waals surface area (Å²) >= 11 is 0. The summed E-state index contributed by atoms with van der Waals surface area (Å²) in [5.74, 6) is -0.304. The molecular weight excluding hydrogens is 709 g/mol. The largest absolute Gasteiger partial charge is 0.492 e. The Morgan fingerprint density at radius 3 is 1.62 bits per heavy atom. The van der Waals surface area contributed by atoms with Gasteiger partial charge in [0.2, 0.25) is 0 Å². The van der Waals surface area contributed by atoms with E-state index in [1.165, 1.54) is 70.6 Å². The molecule has 318 valence electrons. The number of quaternary nitrogens is 1. The van der Waals surface area contributed by atoms with Crippen LogP contribution in [-0.2, 0) is 27.9 Å². The predicted molar refractivity (Wildman–Crippen MR) is 233 cm³/mol. The zero-order chi connectivity index (χ0) is 40.6. The Balaban J connectivity index is 4.36. The van der Waals surface area contributed by atoms with Crippen LogP contribution in [0, 0.1) is 0 Å². The van der Waals surface area contributed by atoms with Crippen molar-refractivity contribution in [1.29, 1.82) is 0 Å². The lowest BCUT2D eigenvalue weighted by molar-refractivity contribution is -0.870. The van der Waals surface area contributed by atoms with Crippen molar-refractivity contribution in [3.63, 3.8) is 0 Å². The average Bonchev–Trinajstić information content (AvgIpc) is 3.14. The number of likely N-dealkylation sites (N-methyl/N-ethyl adjacent to an activating group) is 1. The maximum absolute atomic E-state index is 12.5. The second-order valence-electron chi connectivity index (χ2n) is 15.4. The molecule has 0 aromatic heterocycles. The van der Waals surface area contributed by atoms with E-state index in [9.17, 15) is 14.3 Å². The summed E-state index contributed by atoms with van der Waals surface area (Å²) in [5.41, 5.74) is 0. The molecule has 0 rings (SSSR count). The van der Waals surface area contributed by atoms with Gasteiger partial charge in [-0.05, 0) is 89.5 Å². The maximum atomic E-state index is 12.5. The van der Waals surface area contributed by atoms with Gasteiger partial charge in [-0.15, -0.1) is 0 Å². The second kappa shape index (κ2) is 38.6. The molecule has 2 unspecified atom stereocenters. The van der Waals surface area contributed by atoms with E-state index in [2.05, 4.69) is 74.6 Å². The van der Waals surface area contributed by atoms with Crippen molar-refractivity contribution in [2.45, 2.75) is 168 Å². The Kier molecular flexibility index (Phi) is 37.1. The van der Waals surface area contributed by atoms with Crippen LogP contribution in [0.4, 0.5) is 0 Å². The first-order chi connectivity index (χ1) is 26.6. The number of phosphoric ester groups is 1. The van der Waals surface area contributed by atoms with Crippen molar-refractivity contribution >= 4 is 13.8 Å². The molecule has 9 heteroatoms. The number of allylic oxidation sites excluding steroid dienone is 11. The number of hydrogen-bond donors (Lipinski definition) is 1. The smallest absolute Gasteiger partial charge is 0.472 e. The summed E-state index contributed by atoms with van der Waals surface area (Å²) in [5, 5.41) is 0. The van der Waals surface area contributed by atoms with Gasteiger partial charge in [-0.3, -0.25) is 13.8 Å². The van der Waals surface area contributed by atoms with E-state index in [-0.39, 0.29) is 25.8 Å². The van der Waals surface area contributed by atoms with Gasteiger partial charge in [0.15, 0.2) is 6.10 Å². The minimum atomic E-state index is -4.28. The van der Waals surface area contributed by atoms with Gasteiger partial charge in [-0.25, -0.2) is 4.57 Å². The van der Waals surface area contributed by atoms with Crippen LogP contribution >= 0.6 is 7.82 Å². The lowest BCUT2D eigenvalue weighted by Crippen LogP contribution is -2.37. The van der Waals surface area contributed by atoms with Crippen LogP contribution in [0.5, 0.6) is 0 Å². The summed E-state index contributed by atoms with van der Waals surface area (Å²) in [4.78, 5) is 22.7. The van der Waals surface area contributed by atoms with Crippen molar-refractivity contribution in [3.05, 3.63) is 73.1 Å². The Bertz CT molecular complexity index is 1110. The molecule has 1 N–H and O–H groups in total. The zero-order valence-corrected chi connectivity index (χ0v) is 36.8. The molecule has 0 aromatic rings. The number of unbranched alkanes of at least 4 members (excludes halogenated alkanes) is 15. The molecule has 8 nitrogen and oxygen atoms in total. The highest BCUT2D eigenvalue weighted by atomic mass is 31.2. The number of carbonyl (C=O) groups excluding carboxylic acids is 1. The number of ether oxygens (including phenoxy) is 2. The predicted octanol–water partition coefficient (Wildman–Crippen LogP) is 13.1. The SMILES string of the molecule is CC/C=C\C/C=C\C/C=C\C/C=C\CCCCCCC(=O)OCC(COP(=O)(O)OCC[N+](C)(C)C)O/C=C\CCCCCCCC/C=C\CCCCCC. The Labute approximate surface area is 338 Å². The summed E-state index contributed by atoms with van der Waals surface area (Å²) < 4.78 is 34.7. The van der Waals surface area contributed by atoms with Gasteiger partial charge in [-0.1, -0.05) is 132 Å². The molecule has 0 saturated heterocycles. The highest BCUT2D eigenvalue weighted by Gasteiger charge is 2.25. The summed E-state index contributed by atoms with van der Waals surface area (Å²) in [6.45, 7) is 4.73. The monoisotopic (exact) mass is 793 g/mol. The first-order valence-electron chi connectivity index (χ1n) is 21.7. The Morgan fingerprint density at radius 2 is 1.07 bits per heavy atom. The minimum absolute atomic E-state index is 0.0675. The zero-order valence-electron chi connectivity index (χ0n) is 35.9. The van der Waals surface area contributed by atoms with Crippen molar-refractivity contribution in [2.75, 3.05) is 47.5 Å². The molecule has 0 radical (unpaired) electrons. The first kappa shape index (κ1) is 52.8. The molecular formula is C46H83NO7P+. The van der Waals surface area contributed by atoms with Crippen molar-refractivity contribution in [1.82, 2.24) is 0 Å². The fourth-order valence-corrected chi connectivity index (χ4v) is 6.14. The van der Waals surface area contributed by atoms with Gasteiger partial charge >= 0.3 is 13.8 Å². The molecule has 0 saturated carbocycles. The first-order valence-corrected chi connectivity index (χ1v) is 23.2. The van der Waals surface area contributed by atoms with Crippen molar-refractivity contribution in [3.8, 4) is 0 Å². The van der Waals surface area contributed by atoms with E-state index < -0.39 is 13.9 Å². The third kappa shape index (κ3) is 42.8. The fourth-order valence-electron chi connectivity index (χ4n) is 5.40. The quantitative estimate of drug-likeness (QED) is 0.0165. The molecule has 0 aliphatic rings. The molecule has 0 heterocycles.